The van der Waals surface area contributed by atoms with E-state index < -0.39 is 0 Å². The zero-order valence-electron chi connectivity index (χ0n) is 11.2. The van der Waals surface area contributed by atoms with E-state index in [1.807, 2.05) is 12.1 Å². The monoisotopic (exact) mass is 263 g/mol. The van der Waals surface area contributed by atoms with E-state index in [1.54, 1.807) is 27.5 Å². The summed E-state index contributed by atoms with van der Waals surface area (Å²) in [6.07, 6.45) is 1.66. The summed E-state index contributed by atoms with van der Waals surface area (Å²) < 4.78 is 16.0. The number of hydrogen-bond donors (Lipinski definition) is 2. The first-order valence-electron chi connectivity index (χ1n) is 5.74. The first-order chi connectivity index (χ1) is 9.21. The highest BCUT2D eigenvalue weighted by atomic mass is 16.5. The second kappa shape index (κ2) is 5.62. The maximum absolute atomic E-state index is 5.87. The molecule has 6 heteroatoms. The van der Waals surface area contributed by atoms with Gasteiger partial charge in [0.1, 0.15) is 17.3 Å². The Morgan fingerprint density at radius 3 is 2.47 bits per heavy atom. The predicted molar refractivity (Wildman–Crippen MR) is 72.3 cm³/mol. The number of nitrogen functional groups attached to an aromatic ring is 1. The molecule has 1 heterocycles. The van der Waals surface area contributed by atoms with Crippen LogP contribution < -0.4 is 15.2 Å². The van der Waals surface area contributed by atoms with Gasteiger partial charge in [-0.3, -0.25) is 5.10 Å². The van der Waals surface area contributed by atoms with Crippen LogP contribution in [0.4, 0.5) is 5.82 Å². The number of H-pyrrole nitrogens is 1. The maximum atomic E-state index is 5.87. The average molecular weight is 263 g/mol. The minimum atomic E-state index is 0.422. The summed E-state index contributed by atoms with van der Waals surface area (Å²) in [5.74, 6) is 1.90. The van der Waals surface area contributed by atoms with Crippen molar-refractivity contribution < 1.29 is 14.2 Å². The topological polar surface area (TPSA) is 82.4 Å². The van der Waals surface area contributed by atoms with Crippen molar-refractivity contribution in [2.24, 2.45) is 0 Å². The zero-order valence-corrected chi connectivity index (χ0v) is 11.2. The Kier molecular flexibility index (Phi) is 3.91. The van der Waals surface area contributed by atoms with Crippen LogP contribution in [0.15, 0.2) is 18.3 Å². The molecule has 2 aromatic rings. The molecule has 0 spiro atoms. The predicted octanol–water partition coefficient (Wildman–Crippen LogP) is 1.82. The molecule has 0 atom stereocenters. The number of ether oxygens (including phenoxy) is 3. The summed E-state index contributed by atoms with van der Waals surface area (Å²) in [4.78, 5) is 0. The average Bonchev–Trinajstić information content (AvgIpc) is 2.84. The standard InChI is InChI=1S/C13H17N3O3/c1-17-7-8-4-9(18-2)5-10(12(8)19-3)11-6-15-16-13(11)14/h4-6H,7H2,1-3H3,(H3,14,15,16). The number of nitrogens with two attached hydrogens (primary N) is 1. The van der Waals surface area contributed by atoms with Gasteiger partial charge < -0.3 is 19.9 Å². The summed E-state index contributed by atoms with van der Waals surface area (Å²) in [5.41, 5.74) is 8.35. The Balaban J connectivity index is 2.63. The van der Waals surface area contributed by atoms with Crippen molar-refractivity contribution in [2.75, 3.05) is 27.1 Å². The number of methoxy groups -OCH3 is 3. The third kappa shape index (κ3) is 2.48. The zero-order chi connectivity index (χ0) is 13.8. The highest BCUT2D eigenvalue weighted by Gasteiger charge is 2.16. The Morgan fingerprint density at radius 1 is 1.16 bits per heavy atom. The molecule has 0 radical (unpaired) electrons. The lowest BCUT2D eigenvalue weighted by Gasteiger charge is -2.15. The number of hydrogen-bond acceptors (Lipinski definition) is 5. The van der Waals surface area contributed by atoms with Crippen molar-refractivity contribution in [1.29, 1.82) is 0 Å². The quantitative estimate of drug-likeness (QED) is 0.859. The van der Waals surface area contributed by atoms with Crippen LogP contribution in [0.1, 0.15) is 5.56 Å². The van der Waals surface area contributed by atoms with Crippen molar-refractivity contribution in [3.63, 3.8) is 0 Å². The van der Waals surface area contributed by atoms with Crippen LogP contribution >= 0.6 is 0 Å². The molecular weight excluding hydrogens is 246 g/mol. The van der Waals surface area contributed by atoms with Crippen molar-refractivity contribution >= 4 is 5.82 Å². The summed E-state index contributed by atoms with van der Waals surface area (Å²) in [5, 5.41) is 6.63. The Morgan fingerprint density at radius 2 is 1.95 bits per heavy atom. The van der Waals surface area contributed by atoms with E-state index >= 15 is 0 Å². The highest BCUT2D eigenvalue weighted by molar-refractivity contribution is 5.80. The Bertz CT molecular complexity index is 566. The summed E-state index contributed by atoms with van der Waals surface area (Å²) in [6.45, 7) is 0.422. The number of aromatic amines is 1. The third-order valence-corrected chi connectivity index (χ3v) is 2.84. The van der Waals surface area contributed by atoms with Crippen LogP contribution in [0, 0.1) is 0 Å². The molecule has 6 nitrogen and oxygen atoms in total. The van der Waals surface area contributed by atoms with Crippen LogP contribution in [0.2, 0.25) is 0 Å². The molecule has 0 aliphatic rings. The van der Waals surface area contributed by atoms with E-state index in [4.69, 9.17) is 19.9 Å². The number of nitrogens with zero attached hydrogens (tertiary/aromatic N) is 1. The maximum Gasteiger partial charge on any atom is 0.132 e. The first-order valence-corrected chi connectivity index (χ1v) is 5.74. The van der Waals surface area contributed by atoms with Gasteiger partial charge in [-0.15, -0.1) is 0 Å². The van der Waals surface area contributed by atoms with Gasteiger partial charge >= 0.3 is 0 Å². The van der Waals surface area contributed by atoms with E-state index in [0.717, 1.165) is 16.7 Å². The van der Waals surface area contributed by atoms with Crippen molar-refractivity contribution in [1.82, 2.24) is 10.2 Å². The number of nitrogens with one attached hydrogen (secondary N) is 1. The molecule has 3 N–H and O–H groups in total. The molecular formula is C13H17N3O3. The van der Waals surface area contributed by atoms with E-state index in [-0.39, 0.29) is 0 Å². The number of anilines is 1. The van der Waals surface area contributed by atoms with Crippen molar-refractivity contribution in [3.05, 3.63) is 23.9 Å². The lowest BCUT2D eigenvalue weighted by molar-refractivity contribution is 0.181. The van der Waals surface area contributed by atoms with Gasteiger partial charge in [-0.05, 0) is 12.1 Å². The Hall–Kier alpha value is -2.21. The van der Waals surface area contributed by atoms with E-state index in [9.17, 15) is 0 Å². The molecule has 0 fully saturated rings. The van der Waals surface area contributed by atoms with Crippen LogP contribution in [-0.4, -0.2) is 31.5 Å². The van der Waals surface area contributed by atoms with Gasteiger partial charge in [0.15, 0.2) is 0 Å². The fraction of sp³-hybridized carbons (Fsp3) is 0.308. The molecule has 0 aliphatic heterocycles. The highest BCUT2D eigenvalue weighted by Crippen LogP contribution is 2.38. The summed E-state index contributed by atoms with van der Waals surface area (Å²) >= 11 is 0. The largest absolute Gasteiger partial charge is 0.497 e. The second-order valence-electron chi connectivity index (χ2n) is 4.00. The molecule has 19 heavy (non-hydrogen) atoms. The molecule has 0 saturated carbocycles. The number of rotatable bonds is 5. The van der Waals surface area contributed by atoms with Gasteiger partial charge in [-0.2, -0.15) is 5.10 Å². The smallest absolute Gasteiger partial charge is 0.132 e. The van der Waals surface area contributed by atoms with E-state index in [2.05, 4.69) is 10.2 Å². The number of aromatic nitrogens is 2. The molecule has 0 aliphatic carbocycles. The molecule has 0 saturated heterocycles. The molecule has 2 rings (SSSR count). The first kappa shape index (κ1) is 13.2. The molecule has 1 aromatic carbocycles. The van der Waals surface area contributed by atoms with Gasteiger partial charge in [-0.1, -0.05) is 0 Å². The third-order valence-electron chi connectivity index (χ3n) is 2.84. The molecule has 102 valence electrons. The molecule has 0 unspecified atom stereocenters. The SMILES string of the molecule is COCc1cc(OC)cc(-c2cn[nH]c2N)c1OC. The lowest BCUT2D eigenvalue weighted by atomic mass is 10.0. The van der Waals surface area contributed by atoms with Crippen LogP contribution in [0.3, 0.4) is 0 Å². The molecule has 0 bridgehead atoms. The lowest BCUT2D eigenvalue weighted by Crippen LogP contribution is -1.99. The molecule has 0 amide bonds. The van der Waals surface area contributed by atoms with Gasteiger partial charge in [0.05, 0.1) is 27.0 Å². The van der Waals surface area contributed by atoms with Crippen LogP contribution in [0.5, 0.6) is 11.5 Å². The normalized spacial score (nSPS) is 10.5. The molecule has 1 aromatic heterocycles. The van der Waals surface area contributed by atoms with Gasteiger partial charge in [0.25, 0.3) is 0 Å². The van der Waals surface area contributed by atoms with Crippen LogP contribution in [-0.2, 0) is 11.3 Å². The van der Waals surface area contributed by atoms with Crippen LogP contribution in [0.25, 0.3) is 11.1 Å². The summed E-state index contributed by atoms with van der Waals surface area (Å²) in [7, 11) is 4.85. The van der Waals surface area contributed by atoms with Gasteiger partial charge in [-0.25, -0.2) is 0 Å². The number of benzene rings is 1. The van der Waals surface area contributed by atoms with Crippen molar-refractivity contribution in [2.45, 2.75) is 6.61 Å². The minimum absolute atomic E-state index is 0.422. The Labute approximate surface area is 111 Å². The fourth-order valence-electron chi connectivity index (χ4n) is 1.99. The van der Waals surface area contributed by atoms with E-state index in [1.165, 1.54) is 0 Å². The van der Waals surface area contributed by atoms with Crippen molar-refractivity contribution in [3.8, 4) is 22.6 Å². The minimum Gasteiger partial charge on any atom is -0.497 e. The van der Waals surface area contributed by atoms with Gasteiger partial charge in [0, 0.05) is 23.8 Å². The second-order valence-corrected chi connectivity index (χ2v) is 4.00. The van der Waals surface area contributed by atoms with Gasteiger partial charge in [0.2, 0.25) is 0 Å². The summed E-state index contributed by atoms with van der Waals surface area (Å²) in [6, 6.07) is 3.74. The fourth-order valence-corrected chi connectivity index (χ4v) is 1.99. The van der Waals surface area contributed by atoms with E-state index in [0.29, 0.717) is 23.9 Å².